The van der Waals surface area contributed by atoms with Crippen molar-refractivity contribution in [2.24, 2.45) is 10.8 Å². The third-order valence-electron chi connectivity index (χ3n) is 8.91. The van der Waals surface area contributed by atoms with Crippen LogP contribution in [0.4, 0.5) is 4.39 Å². The summed E-state index contributed by atoms with van der Waals surface area (Å²) in [5.41, 5.74) is 3.03. The Bertz CT molecular complexity index is 1380. The highest BCUT2D eigenvalue weighted by Gasteiger charge is 2.34. The van der Waals surface area contributed by atoms with Crippen LogP contribution in [-0.4, -0.2) is 18.2 Å². The average molecular weight is 591 g/mol. The number of phenolic OH excluding ortho intramolecular Hbond substituents is 1. The van der Waals surface area contributed by atoms with Crippen molar-refractivity contribution in [1.29, 1.82) is 0 Å². The van der Waals surface area contributed by atoms with Crippen LogP contribution in [-0.2, 0) is 16.8 Å². The minimum absolute atomic E-state index is 0.0343. The van der Waals surface area contributed by atoms with E-state index in [1.165, 1.54) is 6.07 Å². The molecule has 5 heteroatoms. The predicted molar refractivity (Wildman–Crippen MR) is 174 cm³/mol. The molecule has 3 aromatic carbocycles. The van der Waals surface area contributed by atoms with Gasteiger partial charge in [-0.25, -0.2) is 9.18 Å². The Morgan fingerprint density at radius 1 is 0.907 bits per heavy atom. The van der Waals surface area contributed by atoms with Gasteiger partial charge in [0.2, 0.25) is 0 Å². The Balaban J connectivity index is 1.86. The molecule has 0 aliphatic rings. The van der Waals surface area contributed by atoms with Crippen molar-refractivity contribution in [3.8, 4) is 11.5 Å². The van der Waals surface area contributed by atoms with E-state index in [2.05, 4.69) is 54.5 Å². The molecule has 0 saturated carbocycles. The van der Waals surface area contributed by atoms with Crippen LogP contribution in [0.15, 0.2) is 60.7 Å². The molecule has 0 aromatic heterocycles. The Morgan fingerprint density at radius 2 is 1.53 bits per heavy atom. The van der Waals surface area contributed by atoms with E-state index < -0.39 is 11.6 Å². The molecule has 0 aliphatic heterocycles. The van der Waals surface area contributed by atoms with Gasteiger partial charge in [-0.1, -0.05) is 79.2 Å². The number of phenols is 1. The first-order valence-corrected chi connectivity index (χ1v) is 15.5. The van der Waals surface area contributed by atoms with Gasteiger partial charge in [0.05, 0.1) is 7.11 Å². The molecule has 2 atom stereocenters. The number of halogens is 1. The van der Waals surface area contributed by atoms with Gasteiger partial charge in [0, 0.05) is 0 Å². The van der Waals surface area contributed by atoms with Crippen molar-refractivity contribution in [2.45, 2.75) is 105 Å². The quantitative estimate of drug-likeness (QED) is 0.213. The minimum Gasteiger partial charge on any atom is -0.508 e. The molecule has 3 rings (SSSR count). The molecule has 2 unspecified atom stereocenters. The van der Waals surface area contributed by atoms with E-state index in [9.17, 15) is 14.3 Å². The number of esters is 1. The molecule has 0 fully saturated rings. The maximum Gasteiger partial charge on any atom is 0.342 e. The zero-order valence-corrected chi connectivity index (χ0v) is 27.8. The van der Waals surface area contributed by atoms with E-state index in [4.69, 9.17) is 9.47 Å². The Hall–Kier alpha value is -3.34. The molecule has 0 spiro atoms. The number of aromatic hydroxyl groups is 1. The molecule has 4 nitrogen and oxygen atoms in total. The lowest BCUT2D eigenvalue weighted by Gasteiger charge is -2.38. The van der Waals surface area contributed by atoms with Crippen molar-refractivity contribution in [3.63, 3.8) is 0 Å². The van der Waals surface area contributed by atoms with Crippen LogP contribution in [0.5, 0.6) is 11.5 Å². The zero-order chi connectivity index (χ0) is 32.2. The fraction of sp³-hybridized carbons (Fsp3) is 0.500. The molecular formula is C38H51FO4. The fourth-order valence-electron chi connectivity index (χ4n) is 5.63. The lowest BCUT2D eigenvalue weighted by molar-refractivity contribution is -0.00350. The predicted octanol–water partition coefficient (Wildman–Crippen LogP) is 10.3. The summed E-state index contributed by atoms with van der Waals surface area (Å²) in [6, 6.07) is 18.0. The fourth-order valence-corrected chi connectivity index (χ4v) is 5.63. The van der Waals surface area contributed by atoms with Gasteiger partial charge in [0.25, 0.3) is 0 Å². The number of carbonyl (C=O) groups excluding carboxylic acids is 1. The normalized spacial score (nSPS) is 13.8. The van der Waals surface area contributed by atoms with E-state index in [1.807, 2.05) is 44.2 Å². The van der Waals surface area contributed by atoms with E-state index >= 15 is 0 Å². The second kappa shape index (κ2) is 13.5. The minimum atomic E-state index is -1.00. The van der Waals surface area contributed by atoms with Gasteiger partial charge < -0.3 is 14.6 Å². The third kappa shape index (κ3) is 8.84. The summed E-state index contributed by atoms with van der Waals surface area (Å²) >= 11 is 0. The highest BCUT2D eigenvalue weighted by Crippen LogP contribution is 2.46. The summed E-state index contributed by atoms with van der Waals surface area (Å²) in [7, 11) is 1.56. The number of hydrogen-bond donors (Lipinski definition) is 1. The SMILES string of the molecule is CCC(C)(C)C(CC(C)(C)C)c1ccc(OC)c(C(=O)OC(C)(C)c2ccc(F)c(CCC(C)c3ccc(O)cc3)c2)c1. The van der Waals surface area contributed by atoms with Crippen LogP contribution in [0.2, 0.25) is 0 Å². The molecule has 234 valence electrons. The molecule has 0 aliphatic carbocycles. The van der Waals surface area contributed by atoms with E-state index in [0.29, 0.717) is 23.3 Å². The second-order valence-electron chi connectivity index (χ2n) is 14.4. The number of carbonyl (C=O) groups is 1. The highest BCUT2D eigenvalue weighted by atomic mass is 19.1. The van der Waals surface area contributed by atoms with Gasteiger partial charge in [-0.15, -0.1) is 0 Å². The average Bonchev–Trinajstić information content (AvgIpc) is 2.94. The van der Waals surface area contributed by atoms with Gasteiger partial charge in [-0.05, 0) is 114 Å². The van der Waals surface area contributed by atoms with Crippen molar-refractivity contribution in [1.82, 2.24) is 0 Å². The topological polar surface area (TPSA) is 55.8 Å². The molecule has 0 heterocycles. The molecule has 43 heavy (non-hydrogen) atoms. The van der Waals surface area contributed by atoms with Gasteiger partial charge in [0.1, 0.15) is 28.5 Å². The maximum atomic E-state index is 14.9. The molecule has 1 N–H and O–H groups in total. The van der Waals surface area contributed by atoms with Gasteiger partial charge in [-0.3, -0.25) is 0 Å². The number of hydrogen-bond acceptors (Lipinski definition) is 4. The van der Waals surface area contributed by atoms with Crippen molar-refractivity contribution in [2.75, 3.05) is 7.11 Å². The lowest BCUT2D eigenvalue weighted by atomic mass is 9.67. The van der Waals surface area contributed by atoms with Crippen LogP contribution in [0.25, 0.3) is 0 Å². The van der Waals surface area contributed by atoms with Gasteiger partial charge in [-0.2, -0.15) is 0 Å². The maximum absolute atomic E-state index is 14.9. The first-order chi connectivity index (χ1) is 20.0. The Labute approximate surface area is 258 Å². The summed E-state index contributed by atoms with van der Waals surface area (Å²) in [6.45, 7) is 19.3. The van der Waals surface area contributed by atoms with Crippen molar-refractivity contribution >= 4 is 5.97 Å². The first kappa shape index (κ1) is 34.2. The Kier molecular flexibility index (Phi) is 10.7. The van der Waals surface area contributed by atoms with Crippen LogP contribution in [0.1, 0.15) is 126 Å². The van der Waals surface area contributed by atoms with Crippen LogP contribution in [0.3, 0.4) is 0 Å². The summed E-state index contributed by atoms with van der Waals surface area (Å²) < 4.78 is 26.6. The third-order valence-corrected chi connectivity index (χ3v) is 8.91. The number of ether oxygens (including phenoxy) is 2. The molecular weight excluding hydrogens is 539 g/mol. The van der Waals surface area contributed by atoms with Crippen molar-refractivity contribution in [3.05, 3.63) is 94.3 Å². The highest BCUT2D eigenvalue weighted by molar-refractivity contribution is 5.93. The summed E-state index contributed by atoms with van der Waals surface area (Å²) in [5, 5.41) is 9.58. The van der Waals surface area contributed by atoms with E-state index in [-0.39, 0.29) is 34.2 Å². The number of aryl methyl sites for hydroxylation is 1. The van der Waals surface area contributed by atoms with Crippen LogP contribution < -0.4 is 4.74 Å². The monoisotopic (exact) mass is 590 g/mol. The van der Waals surface area contributed by atoms with Crippen LogP contribution in [0, 0.1) is 16.6 Å². The first-order valence-electron chi connectivity index (χ1n) is 15.5. The molecule has 3 aromatic rings. The zero-order valence-electron chi connectivity index (χ0n) is 27.8. The number of methoxy groups -OCH3 is 1. The van der Waals surface area contributed by atoms with Crippen molar-refractivity contribution < 1.29 is 23.8 Å². The van der Waals surface area contributed by atoms with E-state index in [1.54, 1.807) is 25.3 Å². The van der Waals surface area contributed by atoms with Gasteiger partial charge in [0.15, 0.2) is 0 Å². The van der Waals surface area contributed by atoms with E-state index in [0.717, 1.165) is 36.0 Å². The standard InChI is InChI=1S/C38H51FO4/c1-11-37(6,7)32(24-36(3,4)5)27-16-21-34(42-10)31(23-27)35(41)43-38(8,9)29-17-20-33(39)28(22-29)13-12-25(2)26-14-18-30(40)19-15-26/h14-23,25,32,40H,11-13,24H2,1-10H3. The second-order valence-corrected chi connectivity index (χ2v) is 14.4. The number of rotatable bonds is 12. The smallest absolute Gasteiger partial charge is 0.342 e. The Morgan fingerprint density at radius 3 is 2.12 bits per heavy atom. The molecule has 0 amide bonds. The lowest BCUT2D eigenvalue weighted by Crippen LogP contribution is -2.28. The molecule has 0 radical (unpaired) electrons. The summed E-state index contributed by atoms with van der Waals surface area (Å²) in [4.78, 5) is 13.7. The molecule has 0 bridgehead atoms. The number of benzene rings is 3. The largest absolute Gasteiger partial charge is 0.508 e. The summed E-state index contributed by atoms with van der Waals surface area (Å²) in [5.74, 6) is 0.378. The van der Waals surface area contributed by atoms with Gasteiger partial charge >= 0.3 is 5.97 Å². The molecule has 0 saturated heterocycles. The summed E-state index contributed by atoms with van der Waals surface area (Å²) in [6.07, 6.45) is 3.25. The van der Waals surface area contributed by atoms with Crippen LogP contribution >= 0.6 is 0 Å².